The van der Waals surface area contributed by atoms with Crippen LogP contribution in [0.25, 0.3) is 0 Å². The van der Waals surface area contributed by atoms with Gasteiger partial charge in [-0.1, -0.05) is 0 Å². The van der Waals surface area contributed by atoms with Gasteiger partial charge in [-0.25, -0.2) is 0 Å². The molecule has 188 valence electrons. The van der Waals surface area contributed by atoms with E-state index in [9.17, 15) is 39.6 Å². The first-order chi connectivity index (χ1) is 14.6. The van der Waals surface area contributed by atoms with Crippen molar-refractivity contribution in [3.8, 4) is 0 Å². The summed E-state index contributed by atoms with van der Waals surface area (Å²) in [6.07, 6.45) is 0.361. The third-order valence-corrected chi connectivity index (χ3v) is 5.13. The fourth-order valence-electron chi connectivity index (χ4n) is 3.18. The van der Waals surface area contributed by atoms with Crippen LogP contribution in [0.1, 0.15) is 65.2 Å². The summed E-state index contributed by atoms with van der Waals surface area (Å²) in [4.78, 5) is 41.8. The van der Waals surface area contributed by atoms with Gasteiger partial charge in [0, 0.05) is 37.0 Å². The molecule has 0 saturated carbocycles. The second kappa shape index (κ2) is 18.3. The molecule has 0 spiro atoms. The van der Waals surface area contributed by atoms with Gasteiger partial charge in [0.05, 0.1) is 24.0 Å². The summed E-state index contributed by atoms with van der Waals surface area (Å²) in [5.74, 6) is -4.82. The zero-order valence-corrected chi connectivity index (χ0v) is 21.5. The summed E-state index contributed by atoms with van der Waals surface area (Å²) in [7, 11) is 0. The number of hydrogen-bond donors (Lipinski definition) is 6. The molecule has 33 heavy (non-hydrogen) atoms. The predicted octanol–water partition coefficient (Wildman–Crippen LogP) is -4.10. The number of aliphatic carboxylic acids is 2. The molecule has 13 heteroatoms. The Morgan fingerprint density at radius 2 is 1.03 bits per heavy atom. The van der Waals surface area contributed by atoms with Crippen LogP contribution in [-0.4, -0.2) is 106 Å². The van der Waals surface area contributed by atoms with Gasteiger partial charge in [-0.15, -0.1) is 0 Å². The van der Waals surface area contributed by atoms with Crippen molar-refractivity contribution in [3.63, 3.8) is 0 Å². The number of aliphatic hydroxyl groups excluding tert-OH is 2. The van der Waals surface area contributed by atoms with E-state index in [0.29, 0.717) is 12.8 Å². The average molecular weight is 505 g/mol. The molecule has 0 aliphatic heterocycles. The number of aliphatic hydroxyl groups is 4. The standard InChI is InChI=1S/2C10H19NO5.Ca/c2*1-10(16,5-8(11)13)7(6-12)3-2-4-9(14)15;/h2*7,12,16H,2-6H2,1H3,(H2,11,13)(H,14,15);/q;;+2/p-2. The Kier molecular flexibility index (Phi) is 20.3. The number of carboxylic acid groups (broad SMARTS) is 2. The zero-order chi connectivity index (χ0) is 25.5. The molecule has 0 heterocycles. The van der Waals surface area contributed by atoms with Crippen LogP contribution in [0, 0.1) is 11.8 Å². The van der Waals surface area contributed by atoms with Crippen molar-refractivity contribution in [1.82, 2.24) is 0 Å². The Morgan fingerprint density at radius 3 is 1.21 bits per heavy atom. The monoisotopic (exact) mass is 504 g/mol. The molecule has 0 fully saturated rings. The SMILES string of the molecule is CC(O)(CC(N)=O)C(CO)CCCC(=O)[O-].CC(O)(CC(N)=O)C(CO)CCCC(=O)[O-].[Ca+2]. The van der Waals surface area contributed by atoms with Crippen molar-refractivity contribution in [2.45, 2.75) is 76.4 Å². The molecule has 4 unspecified atom stereocenters. The molecule has 8 N–H and O–H groups in total. The van der Waals surface area contributed by atoms with Crippen LogP contribution in [0.15, 0.2) is 0 Å². The van der Waals surface area contributed by atoms with Crippen molar-refractivity contribution in [2.24, 2.45) is 23.3 Å². The number of amides is 2. The minimum Gasteiger partial charge on any atom is -0.550 e. The normalized spacial score (nSPS) is 15.9. The molecule has 4 atom stereocenters. The van der Waals surface area contributed by atoms with E-state index in [4.69, 9.17) is 21.7 Å². The zero-order valence-electron chi connectivity index (χ0n) is 19.3. The number of hydrogen-bond acceptors (Lipinski definition) is 10. The molecule has 0 radical (unpaired) electrons. The van der Waals surface area contributed by atoms with E-state index < -0.39 is 46.8 Å². The van der Waals surface area contributed by atoms with Crippen molar-refractivity contribution < 1.29 is 49.8 Å². The maximum atomic E-state index is 10.7. The Labute approximate surface area is 223 Å². The van der Waals surface area contributed by atoms with Crippen LogP contribution in [0.2, 0.25) is 0 Å². The minimum atomic E-state index is -1.41. The van der Waals surface area contributed by atoms with Crippen LogP contribution < -0.4 is 21.7 Å². The Hall–Kier alpha value is -1.02. The number of nitrogens with two attached hydrogens (primary N) is 2. The smallest absolute Gasteiger partial charge is 0.550 e. The van der Waals surface area contributed by atoms with E-state index in [1.54, 1.807) is 0 Å². The minimum absolute atomic E-state index is 0. The molecule has 0 aliphatic rings. The van der Waals surface area contributed by atoms with E-state index >= 15 is 0 Å². The predicted molar refractivity (Wildman–Crippen MR) is 113 cm³/mol. The maximum Gasteiger partial charge on any atom is 2.00 e. The van der Waals surface area contributed by atoms with Crippen LogP contribution in [0.4, 0.5) is 0 Å². The van der Waals surface area contributed by atoms with Gasteiger partial charge >= 0.3 is 37.7 Å². The molecule has 0 rings (SSSR count). The molecular formula is C20H36CaN2O10. The summed E-state index contributed by atoms with van der Waals surface area (Å²) >= 11 is 0. The van der Waals surface area contributed by atoms with Gasteiger partial charge in [-0.3, -0.25) is 9.59 Å². The molecule has 0 aliphatic carbocycles. The Balaban J connectivity index is -0.000000529. The first-order valence-electron chi connectivity index (χ1n) is 10.2. The molecule has 0 saturated heterocycles. The van der Waals surface area contributed by atoms with Crippen molar-refractivity contribution in [1.29, 1.82) is 0 Å². The fraction of sp³-hybridized carbons (Fsp3) is 0.800. The van der Waals surface area contributed by atoms with E-state index in [0.717, 1.165) is 0 Å². The van der Waals surface area contributed by atoms with Gasteiger partial charge in [0.2, 0.25) is 11.8 Å². The largest absolute Gasteiger partial charge is 2.00 e. The van der Waals surface area contributed by atoms with E-state index in [1.807, 2.05) is 0 Å². The van der Waals surface area contributed by atoms with Gasteiger partial charge < -0.3 is 51.7 Å². The number of primary amides is 2. The topological polar surface area (TPSA) is 247 Å². The second-order valence-electron chi connectivity index (χ2n) is 8.29. The Bertz CT molecular complexity index is 562. The van der Waals surface area contributed by atoms with E-state index in [2.05, 4.69) is 0 Å². The second-order valence-corrected chi connectivity index (χ2v) is 8.29. The first kappa shape index (κ1) is 36.5. The molecule has 2 amide bonds. The summed E-state index contributed by atoms with van der Waals surface area (Å²) in [6.45, 7) is 2.15. The van der Waals surface area contributed by atoms with Crippen LogP contribution in [-0.2, 0) is 19.2 Å². The quantitative estimate of drug-likeness (QED) is 0.111. The summed E-state index contributed by atoms with van der Waals surface area (Å²) < 4.78 is 0. The van der Waals surface area contributed by atoms with Crippen molar-refractivity contribution in [2.75, 3.05) is 13.2 Å². The molecule has 0 aromatic carbocycles. The number of rotatable bonds is 16. The summed E-state index contributed by atoms with van der Waals surface area (Å²) in [5, 5.41) is 58.3. The van der Waals surface area contributed by atoms with Crippen LogP contribution in [0.3, 0.4) is 0 Å². The molecule has 0 aromatic rings. The van der Waals surface area contributed by atoms with E-state index in [1.165, 1.54) is 13.8 Å². The van der Waals surface area contributed by atoms with Gasteiger partial charge in [-0.2, -0.15) is 0 Å². The van der Waals surface area contributed by atoms with Gasteiger partial charge in [0.15, 0.2) is 0 Å². The van der Waals surface area contributed by atoms with Crippen LogP contribution >= 0.6 is 0 Å². The fourth-order valence-corrected chi connectivity index (χ4v) is 3.18. The van der Waals surface area contributed by atoms with Gasteiger partial charge in [-0.05, 0) is 52.4 Å². The van der Waals surface area contributed by atoms with Crippen molar-refractivity contribution in [3.05, 3.63) is 0 Å². The van der Waals surface area contributed by atoms with Gasteiger partial charge in [0.1, 0.15) is 0 Å². The Morgan fingerprint density at radius 1 is 0.758 bits per heavy atom. The van der Waals surface area contributed by atoms with Crippen LogP contribution in [0.5, 0.6) is 0 Å². The number of carboxylic acids is 2. The van der Waals surface area contributed by atoms with E-state index in [-0.39, 0.29) is 89.5 Å². The summed E-state index contributed by atoms with van der Waals surface area (Å²) in [5.41, 5.74) is 7.11. The van der Waals surface area contributed by atoms with Gasteiger partial charge in [0.25, 0.3) is 0 Å². The summed E-state index contributed by atoms with van der Waals surface area (Å²) in [6, 6.07) is 0. The number of carbonyl (C=O) groups excluding carboxylic acids is 4. The van der Waals surface area contributed by atoms with Crippen molar-refractivity contribution >= 4 is 61.5 Å². The molecule has 12 nitrogen and oxygen atoms in total. The molecule has 0 bridgehead atoms. The maximum absolute atomic E-state index is 10.7. The number of carbonyl (C=O) groups is 4. The third-order valence-electron chi connectivity index (χ3n) is 5.13. The average Bonchev–Trinajstić information content (AvgIpc) is 2.59. The third kappa shape index (κ3) is 19.0. The first-order valence-corrected chi connectivity index (χ1v) is 10.2. The molecule has 0 aromatic heterocycles. The molecular weight excluding hydrogens is 468 g/mol.